The molecule has 0 aliphatic rings. The highest BCUT2D eigenvalue weighted by atomic mass is 16.1. The lowest BCUT2D eigenvalue weighted by Gasteiger charge is -2.08. The minimum absolute atomic E-state index is 0.134. The van der Waals surface area contributed by atoms with E-state index in [9.17, 15) is 4.79 Å². The molecule has 2 aromatic rings. The smallest absolute Gasteiger partial charge is 0.253 e. The molecule has 0 saturated carbocycles. The SMILES string of the molecule is Cc1ccc(N)c(C(=O)NCCc2cccnc2)c1. The summed E-state index contributed by atoms with van der Waals surface area (Å²) in [5, 5.41) is 2.87. The first-order chi connectivity index (χ1) is 9.16. The van der Waals surface area contributed by atoms with Crippen LogP contribution in [0.2, 0.25) is 0 Å². The molecule has 4 heteroatoms. The van der Waals surface area contributed by atoms with Crippen LogP contribution in [0.5, 0.6) is 0 Å². The Balaban J connectivity index is 1.93. The number of aryl methyl sites for hydroxylation is 1. The van der Waals surface area contributed by atoms with Crippen molar-refractivity contribution in [2.24, 2.45) is 0 Å². The third-order valence-electron chi connectivity index (χ3n) is 2.88. The first-order valence-electron chi connectivity index (χ1n) is 6.20. The predicted octanol–water partition coefficient (Wildman–Crippen LogP) is 1.94. The molecule has 0 unspecified atom stereocenters. The standard InChI is InChI=1S/C15H17N3O/c1-11-4-5-14(16)13(9-11)15(19)18-8-6-12-3-2-7-17-10-12/h2-5,7,9-10H,6,8,16H2,1H3,(H,18,19). The summed E-state index contributed by atoms with van der Waals surface area (Å²) in [5.74, 6) is -0.134. The molecule has 1 heterocycles. The first kappa shape index (κ1) is 13.1. The van der Waals surface area contributed by atoms with Crippen molar-refractivity contribution >= 4 is 11.6 Å². The number of pyridine rings is 1. The van der Waals surface area contributed by atoms with E-state index in [1.807, 2.05) is 25.1 Å². The number of nitrogen functional groups attached to an aromatic ring is 1. The van der Waals surface area contributed by atoms with Crippen LogP contribution in [0, 0.1) is 6.92 Å². The summed E-state index contributed by atoms with van der Waals surface area (Å²) < 4.78 is 0. The van der Waals surface area contributed by atoms with E-state index < -0.39 is 0 Å². The van der Waals surface area contributed by atoms with E-state index in [4.69, 9.17) is 5.73 Å². The first-order valence-corrected chi connectivity index (χ1v) is 6.20. The van der Waals surface area contributed by atoms with Crippen molar-refractivity contribution < 1.29 is 4.79 Å². The van der Waals surface area contributed by atoms with Crippen molar-refractivity contribution in [2.45, 2.75) is 13.3 Å². The fraction of sp³-hybridized carbons (Fsp3) is 0.200. The number of hydrogen-bond donors (Lipinski definition) is 2. The van der Waals surface area contributed by atoms with E-state index in [2.05, 4.69) is 10.3 Å². The fourth-order valence-corrected chi connectivity index (χ4v) is 1.83. The molecule has 0 aliphatic carbocycles. The maximum atomic E-state index is 12.0. The second kappa shape index (κ2) is 6.00. The molecule has 0 saturated heterocycles. The number of amides is 1. The zero-order valence-electron chi connectivity index (χ0n) is 10.9. The van der Waals surface area contributed by atoms with Gasteiger partial charge in [0.25, 0.3) is 5.91 Å². The largest absolute Gasteiger partial charge is 0.398 e. The van der Waals surface area contributed by atoms with Crippen LogP contribution in [-0.4, -0.2) is 17.4 Å². The van der Waals surface area contributed by atoms with Crippen LogP contribution < -0.4 is 11.1 Å². The van der Waals surface area contributed by atoms with E-state index >= 15 is 0 Å². The number of carbonyl (C=O) groups excluding carboxylic acids is 1. The Bertz CT molecular complexity index is 567. The molecule has 1 aromatic carbocycles. The summed E-state index contributed by atoms with van der Waals surface area (Å²) in [6, 6.07) is 9.32. The lowest BCUT2D eigenvalue weighted by atomic mass is 10.1. The summed E-state index contributed by atoms with van der Waals surface area (Å²) in [5.41, 5.74) is 8.96. The molecule has 4 nitrogen and oxygen atoms in total. The third-order valence-corrected chi connectivity index (χ3v) is 2.88. The highest BCUT2D eigenvalue weighted by Crippen LogP contribution is 2.13. The number of nitrogens with zero attached hydrogens (tertiary/aromatic N) is 1. The molecule has 0 fully saturated rings. The maximum absolute atomic E-state index is 12.0. The zero-order valence-corrected chi connectivity index (χ0v) is 10.9. The van der Waals surface area contributed by atoms with Crippen LogP contribution in [-0.2, 0) is 6.42 Å². The van der Waals surface area contributed by atoms with Gasteiger partial charge in [0, 0.05) is 24.6 Å². The normalized spacial score (nSPS) is 10.2. The van der Waals surface area contributed by atoms with Crippen molar-refractivity contribution in [3.8, 4) is 0 Å². The Labute approximate surface area is 112 Å². The van der Waals surface area contributed by atoms with Crippen LogP contribution in [0.4, 0.5) is 5.69 Å². The zero-order chi connectivity index (χ0) is 13.7. The monoisotopic (exact) mass is 255 g/mol. The van der Waals surface area contributed by atoms with Crippen molar-refractivity contribution in [1.29, 1.82) is 0 Å². The van der Waals surface area contributed by atoms with E-state index in [0.29, 0.717) is 17.8 Å². The Kier molecular flexibility index (Phi) is 4.13. The van der Waals surface area contributed by atoms with Crippen LogP contribution in [0.25, 0.3) is 0 Å². The summed E-state index contributed by atoms with van der Waals surface area (Å²) >= 11 is 0. The molecule has 0 radical (unpaired) electrons. The predicted molar refractivity (Wildman–Crippen MR) is 75.9 cm³/mol. The van der Waals surface area contributed by atoms with Crippen LogP contribution in [0.15, 0.2) is 42.7 Å². The van der Waals surface area contributed by atoms with Gasteiger partial charge in [-0.15, -0.1) is 0 Å². The second-order valence-electron chi connectivity index (χ2n) is 4.46. The number of aromatic nitrogens is 1. The highest BCUT2D eigenvalue weighted by Gasteiger charge is 2.08. The Hall–Kier alpha value is -2.36. The van der Waals surface area contributed by atoms with Crippen molar-refractivity contribution in [1.82, 2.24) is 10.3 Å². The summed E-state index contributed by atoms with van der Waals surface area (Å²) in [4.78, 5) is 16.0. The van der Waals surface area contributed by atoms with E-state index in [-0.39, 0.29) is 5.91 Å². The fourth-order valence-electron chi connectivity index (χ4n) is 1.83. The number of hydrogen-bond acceptors (Lipinski definition) is 3. The molecule has 3 N–H and O–H groups in total. The van der Waals surface area contributed by atoms with Gasteiger partial charge in [-0.05, 0) is 37.1 Å². The van der Waals surface area contributed by atoms with E-state index in [1.165, 1.54) is 0 Å². The Morgan fingerprint density at radius 2 is 2.21 bits per heavy atom. The molecule has 1 amide bonds. The van der Waals surface area contributed by atoms with Crippen LogP contribution >= 0.6 is 0 Å². The minimum Gasteiger partial charge on any atom is -0.398 e. The van der Waals surface area contributed by atoms with Crippen molar-refractivity contribution in [2.75, 3.05) is 12.3 Å². The van der Waals surface area contributed by atoms with Crippen LogP contribution in [0.1, 0.15) is 21.5 Å². The van der Waals surface area contributed by atoms with E-state index in [0.717, 1.165) is 17.5 Å². The third kappa shape index (κ3) is 3.55. The number of nitrogens with one attached hydrogen (secondary N) is 1. The quantitative estimate of drug-likeness (QED) is 0.820. The van der Waals surface area contributed by atoms with Gasteiger partial charge in [0.05, 0.1) is 5.56 Å². The molecule has 98 valence electrons. The summed E-state index contributed by atoms with van der Waals surface area (Å²) in [7, 11) is 0. The van der Waals surface area contributed by atoms with Gasteiger partial charge in [-0.3, -0.25) is 9.78 Å². The van der Waals surface area contributed by atoms with Gasteiger partial charge in [-0.2, -0.15) is 0 Å². The van der Waals surface area contributed by atoms with E-state index in [1.54, 1.807) is 24.5 Å². The van der Waals surface area contributed by atoms with Crippen LogP contribution in [0.3, 0.4) is 0 Å². The van der Waals surface area contributed by atoms with Crippen molar-refractivity contribution in [3.63, 3.8) is 0 Å². The maximum Gasteiger partial charge on any atom is 0.253 e. The molecule has 0 aliphatic heterocycles. The molecule has 2 rings (SSSR count). The number of carbonyl (C=O) groups is 1. The lowest BCUT2D eigenvalue weighted by Crippen LogP contribution is -2.26. The van der Waals surface area contributed by atoms with Gasteiger partial charge in [0.15, 0.2) is 0 Å². The molecule has 0 spiro atoms. The summed E-state index contributed by atoms with van der Waals surface area (Å²) in [6.07, 6.45) is 4.29. The van der Waals surface area contributed by atoms with Gasteiger partial charge >= 0.3 is 0 Å². The highest BCUT2D eigenvalue weighted by molar-refractivity contribution is 5.99. The average Bonchev–Trinajstić information content (AvgIpc) is 2.42. The molecule has 1 aromatic heterocycles. The average molecular weight is 255 g/mol. The molecular formula is C15H17N3O. The van der Waals surface area contributed by atoms with Gasteiger partial charge in [-0.25, -0.2) is 0 Å². The number of rotatable bonds is 4. The Morgan fingerprint density at radius 1 is 1.37 bits per heavy atom. The molecular weight excluding hydrogens is 238 g/mol. The molecule has 0 atom stereocenters. The topological polar surface area (TPSA) is 68.0 Å². The number of benzene rings is 1. The number of nitrogens with two attached hydrogens (primary N) is 1. The second-order valence-corrected chi connectivity index (χ2v) is 4.46. The van der Waals surface area contributed by atoms with Gasteiger partial charge in [0.2, 0.25) is 0 Å². The molecule has 19 heavy (non-hydrogen) atoms. The van der Waals surface area contributed by atoms with Gasteiger partial charge < -0.3 is 11.1 Å². The molecule has 0 bridgehead atoms. The van der Waals surface area contributed by atoms with Crippen molar-refractivity contribution in [3.05, 3.63) is 59.4 Å². The van der Waals surface area contributed by atoms with Gasteiger partial charge in [-0.1, -0.05) is 17.7 Å². The lowest BCUT2D eigenvalue weighted by molar-refractivity contribution is 0.0955. The number of anilines is 1. The minimum atomic E-state index is -0.134. The summed E-state index contributed by atoms with van der Waals surface area (Å²) in [6.45, 7) is 2.50. The Morgan fingerprint density at radius 3 is 2.95 bits per heavy atom. The van der Waals surface area contributed by atoms with Gasteiger partial charge in [0.1, 0.15) is 0 Å².